The Morgan fingerprint density at radius 2 is 1.85 bits per heavy atom. The molecule has 0 aliphatic carbocycles. The number of rotatable bonds is 3. The monoisotopic (exact) mass is 267 g/mol. The molecule has 0 spiro atoms. The SMILES string of the molecule is CN1CC(C)(C)c2cc(OCc3ccccc3)ccc21. The topological polar surface area (TPSA) is 12.5 Å². The van der Waals surface area contributed by atoms with Crippen LogP contribution < -0.4 is 9.64 Å². The van der Waals surface area contributed by atoms with Gasteiger partial charge in [-0.3, -0.25) is 0 Å². The second kappa shape index (κ2) is 4.86. The Morgan fingerprint density at radius 1 is 1.10 bits per heavy atom. The van der Waals surface area contributed by atoms with Crippen molar-refractivity contribution in [2.24, 2.45) is 0 Å². The van der Waals surface area contributed by atoms with E-state index < -0.39 is 0 Å². The van der Waals surface area contributed by atoms with Gasteiger partial charge in [-0.05, 0) is 29.3 Å². The summed E-state index contributed by atoms with van der Waals surface area (Å²) in [6.07, 6.45) is 0. The third-order valence-corrected chi connectivity index (χ3v) is 3.99. The minimum absolute atomic E-state index is 0.191. The molecule has 20 heavy (non-hydrogen) atoms. The second-order valence-electron chi connectivity index (χ2n) is 6.19. The molecule has 2 heteroatoms. The predicted molar refractivity (Wildman–Crippen MR) is 83.5 cm³/mol. The second-order valence-corrected chi connectivity index (χ2v) is 6.19. The number of benzene rings is 2. The van der Waals surface area contributed by atoms with Crippen molar-refractivity contribution in [3.05, 3.63) is 59.7 Å². The van der Waals surface area contributed by atoms with E-state index in [2.05, 4.69) is 56.1 Å². The lowest BCUT2D eigenvalue weighted by Gasteiger charge is -2.18. The van der Waals surface area contributed by atoms with Crippen molar-refractivity contribution < 1.29 is 4.74 Å². The quantitative estimate of drug-likeness (QED) is 0.833. The molecule has 1 aliphatic heterocycles. The molecule has 1 heterocycles. The summed E-state index contributed by atoms with van der Waals surface area (Å²) in [6.45, 7) is 6.26. The first kappa shape index (κ1) is 13.0. The predicted octanol–water partition coefficient (Wildman–Crippen LogP) is 3.99. The van der Waals surface area contributed by atoms with Gasteiger partial charge in [-0.25, -0.2) is 0 Å². The average Bonchev–Trinajstić information content (AvgIpc) is 2.67. The highest BCUT2D eigenvalue weighted by Gasteiger charge is 2.33. The number of hydrogen-bond acceptors (Lipinski definition) is 2. The van der Waals surface area contributed by atoms with E-state index in [0.29, 0.717) is 6.61 Å². The fourth-order valence-corrected chi connectivity index (χ4v) is 2.98. The maximum Gasteiger partial charge on any atom is 0.120 e. The van der Waals surface area contributed by atoms with E-state index in [1.807, 2.05) is 18.2 Å². The van der Waals surface area contributed by atoms with E-state index in [0.717, 1.165) is 12.3 Å². The van der Waals surface area contributed by atoms with E-state index in [1.54, 1.807) is 0 Å². The molecule has 0 N–H and O–H groups in total. The molecule has 0 bridgehead atoms. The van der Waals surface area contributed by atoms with Crippen LogP contribution in [-0.2, 0) is 12.0 Å². The van der Waals surface area contributed by atoms with Crippen LogP contribution in [-0.4, -0.2) is 13.6 Å². The zero-order valence-corrected chi connectivity index (χ0v) is 12.4. The molecular formula is C18H21NO. The van der Waals surface area contributed by atoms with Crippen molar-refractivity contribution in [3.63, 3.8) is 0 Å². The summed E-state index contributed by atoms with van der Waals surface area (Å²) in [6, 6.07) is 16.7. The summed E-state index contributed by atoms with van der Waals surface area (Å²) in [5, 5.41) is 0. The molecule has 0 radical (unpaired) electrons. The first-order valence-corrected chi connectivity index (χ1v) is 7.09. The van der Waals surface area contributed by atoms with Gasteiger partial charge in [-0.1, -0.05) is 44.2 Å². The van der Waals surface area contributed by atoms with Crippen molar-refractivity contribution in [2.45, 2.75) is 25.9 Å². The molecule has 0 fully saturated rings. The van der Waals surface area contributed by atoms with E-state index in [-0.39, 0.29) is 5.41 Å². The van der Waals surface area contributed by atoms with Crippen LogP contribution in [0.25, 0.3) is 0 Å². The van der Waals surface area contributed by atoms with Crippen molar-refractivity contribution >= 4 is 5.69 Å². The molecular weight excluding hydrogens is 246 g/mol. The number of anilines is 1. The molecule has 0 saturated heterocycles. The highest BCUT2D eigenvalue weighted by Crippen LogP contribution is 2.41. The highest BCUT2D eigenvalue weighted by atomic mass is 16.5. The summed E-state index contributed by atoms with van der Waals surface area (Å²) < 4.78 is 5.93. The minimum Gasteiger partial charge on any atom is -0.489 e. The summed E-state index contributed by atoms with van der Waals surface area (Å²) in [7, 11) is 2.15. The van der Waals surface area contributed by atoms with Crippen molar-refractivity contribution in [1.29, 1.82) is 0 Å². The third kappa shape index (κ3) is 2.38. The van der Waals surface area contributed by atoms with Gasteiger partial charge in [-0.2, -0.15) is 0 Å². The van der Waals surface area contributed by atoms with Crippen LogP contribution in [0.2, 0.25) is 0 Å². The van der Waals surface area contributed by atoms with Gasteiger partial charge in [0.05, 0.1) is 0 Å². The van der Waals surface area contributed by atoms with Crippen LogP contribution >= 0.6 is 0 Å². The zero-order chi connectivity index (χ0) is 14.2. The lowest BCUT2D eigenvalue weighted by molar-refractivity contribution is 0.305. The number of hydrogen-bond donors (Lipinski definition) is 0. The Hall–Kier alpha value is -1.96. The van der Waals surface area contributed by atoms with E-state index >= 15 is 0 Å². The Labute approximate surface area is 121 Å². The number of ether oxygens (including phenoxy) is 1. The van der Waals surface area contributed by atoms with Crippen LogP contribution in [0.5, 0.6) is 5.75 Å². The van der Waals surface area contributed by atoms with Gasteiger partial charge in [0.15, 0.2) is 0 Å². The summed E-state index contributed by atoms with van der Waals surface area (Å²) in [5.41, 5.74) is 4.09. The van der Waals surface area contributed by atoms with E-state index in [9.17, 15) is 0 Å². The standard InChI is InChI=1S/C18H21NO/c1-18(2)13-19(3)17-10-9-15(11-16(17)18)20-12-14-7-5-4-6-8-14/h4-11H,12-13H2,1-3H3. The molecule has 0 amide bonds. The summed E-state index contributed by atoms with van der Waals surface area (Å²) in [5.74, 6) is 0.955. The Kier molecular flexibility index (Phi) is 3.17. The molecule has 2 aromatic carbocycles. The van der Waals surface area contributed by atoms with Crippen LogP contribution in [0.15, 0.2) is 48.5 Å². The van der Waals surface area contributed by atoms with Gasteiger partial charge in [-0.15, -0.1) is 0 Å². The lowest BCUT2D eigenvalue weighted by Crippen LogP contribution is -2.24. The average molecular weight is 267 g/mol. The molecule has 3 rings (SSSR count). The molecule has 0 aromatic heterocycles. The number of fused-ring (bicyclic) bond motifs is 1. The fourth-order valence-electron chi connectivity index (χ4n) is 2.98. The molecule has 1 aliphatic rings. The van der Waals surface area contributed by atoms with Gasteiger partial charge in [0.2, 0.25) is 0 Å². The highest BCUT2D eigenvalue weighted by molar-refractivity contribution is 5.63. The zero-order valence-electron chi connectivity index (χ0n) is 12.4. The first-order valence-electron chi connectivity index (χ1n) is 7.09. The first-order chi connectivity index (χ1) is 9.56. The van der Waals surface area contributed by atoms with Gasteiger partial charge in [0.25, 0.3) is 0 Å². The molecule has 0 saturated carbocycles. The Bertz CT molecular complexity index is 604. The number of nitrogens with zero attached hydrogens (tertiary/aromatic N) is 1. The maximum atomic E-state index is 5.93. The normalized spacial score (nSPS) is 16.1. The van der Waals surface area contributed by atoms with Crippen LogP contribution in [0, 0.1) is 0 Å². The molecule has 2 nitrogen and oxygen atoms in total. The van der Waals surface area contributed by atoms with Crippen LogP contribution in [0.4, 0.5) is 5.69 Å². The van der Waals surface area contributed by atoms with Crippen LogP contribution in [0.1, 0.15) is 25.0 Å². The minimum atomic E-state index is 0.191. The van der Waals surface area contributed by atoms with Crippen LogP contribution in [0.3, 0.4) is 0 Å². The smallest absolute Gasteiger partial charge is 0.120 e. The summed E-state index contributed by atoms with van der Waals surface area (Å²) >= 11 is 0. The van der Waals surface area contributed by atoms with E-state index in [4.69, 9.17) is 4.74 Å². The Balaban J connectivity index is 1.80. The van der Waals surface area contributed by atoms with Gasteiger partial charge in [0.1, 0.15) is 12.4 Å². The van der Waals surface area contributed by atoms with E-state index in [1.165, 1.54) is 16.8 Å². The van der Waals surface area contributed by atoms with Crippen molar-refractivity contribution in [2.75, 3.05) is 18.5 Å². The number of likely N-dealkylation sites (N-methyl/N-ethyl adjacent to an activating group) is 1. The largest absolute Gasteiger partial charge is 0.489 e. The molecule has 2 aromatic rings. The summed E-state index contributed by atoms with van der Waals surface area (Å²) in [4.78, 5) is 2.32. The van der Waals surface area contributed by atoms with Gasteiger partial charge >= 0.3 is 0 Å². The fraction of sp³-hybridized carbons (Fsp3) is 0.333. The van der Waals surface area contributed by atoms with Gasteiger partial charge < -0.3 is 9.64 Å². The molecule has 104 valence electrons. The van der Waals surface area contributed by atoms with Crippen molar-refractivity contribution in [3.8, 4) is 5.75 Å². The van der Waals surface area contributed by atoms with Gasteiger partial charge in [0, 0.05) is 24.7 Å². The Morgan fingerprint density at radius 3 is 2.60 bits per heavy atom. The van der Waals surface area contributed by atoms with Crippen molar-refractivity contribution in [1.82, 2.24) is 0 Å². The maximum absolute atomic E-state index is 5.93. The third-order valence-electron chi connectivity index (χ3n) is 3.99. The lowest BCUT2D eigenvalue weighted by atomic mass is 9.87. The molecule has 0 unspecified atom stereocenters. The molecule has 0 atom stereocenters.